The van der Waals surface area contributed by atoms with Gasteiger partial charge in [-0.2, -0.15) is 18.3 Å². The summed E-state index contributed by atoms with van der Waals surface area (Å²) in [5.41, 5.74) is 1.33. The number of aryl methyl sites for hydroxylation is 1. The number of ketones is 1. The van der Waals surface area contributed by atoms with Crippen molar-refractivity contribution in [3.63, 3.8) is 0 Å². The van der Waals surface area contributed by atoms with Crippen LogP contribution in [0, 0.1) is 13.8 Å². The lowest BCUT2D eigenvalue weighted by Gasteiger charge is -2.12. The molecular formula is C21H21F3N4O3. The second-order valence-corrected chi connectivity index (χ2v) is 6.94. The molecule has 0 unspecified atom stereocenters. The standard InChI is InChI=1S/C21H21F3N4O3/c1-4-17-16(10-26-28(17)19-7-5-6-8-25-19)20(30)31-11-18(29)15-9-13(2)27(14(15)3)12-21(22,23)24/h5-10H,4,11-12H2,1-3H3. The number of hydrogen-bond acceptors (Lipinski definition) is 5. The molecule has 0 aliphatic carbocycles. The van der Waals surface area contributed by atoms with Crippen molar-refractivity contribution in [3.8, 4) is 5.82 Å². The minimum Gasteiger partial charge on any atom is -0.454 e. The molecule has 0 atom stereocenters. The van der Waals surface area contributed by atoms with Crippen LogP contribution in [0.5, 0.6) is 0 Å². The number of ether oxygens (including phenoxy) is 1. The summed E-state index contributed by atoms with van der Waals surface area (Å²) in [6.07, 6.45) is -1.00. The van der Waals surface area contributed by atoms with Crippen molar-refractivity contribution in [1.82, 2.24) is 19.3 Å². The lowest BCUT2D eigenvalue weighted by atomic mass is 10.1. The van der Waals surface area contributed by atoms with Gasteiger partial charge < -0.3 is 9.30 Å². The number of carbonyl (C=O) groups excluding carboxylic acids is 2. The Kier molecular flexibility index (Phi) is 6.28. The van der Waals surface area contributed by atoms with Gasteiger partial charge in [0, 0.05) is 23.1 Å². The van der Waals surface area contributed by atoms with Crippen LogP contribution in [0.3, 0.4) is 0 Å². The summed E-state index contributed by atoms with van der Waals surface area (Å²) < 4.78 is 46.0. The number of esters is 1. The third-order valence-electron chi connectivity index (χ3n) is 4.84. The fraction of sp³-hybridized carbons (Fsp3) is 0.333. The van der Waals surface area contributed by atoms with E-state index < -0.39 is 31.1 Å². The van der Waals surface area contributed by atoms with Gasteiger partial charge in [0.05, 0.1) is 11.9 Å². The maximum Gasteiger partial charge on any atom is 0.406 e. The Labute approximate surface area is 176 Å². The van der Waals surface area contributed by atoms with Crippen LogP contribution in [-0.2, 0) is 17.7 Å². The van der Waals surface area contributed by atoms with Crippen molar-refractivity contribution in [3.05, 3.63) is 64.9 Å². The van der Waals surface area contributed by atoms with Crippen LogP contribution < -0.4 is 0 Å². The lowest BCUT2D eigenvalue weighted by Crippen LogP contribution is -2.20. The normalized spacial score (nSPS) is 11.5. The maximum absolute atomic E-state index is 12.8. The monoisotopic (exact) mass is 434 g/mol. The third kappa shape index (κ3) is 4.84. The molecule has 3 aromatic rings. The predicted molar refractivity (Wildman–Crippen MR) is 105 cm³/mol. The van der Waals surface area contributed by atoms with Crippen LogP contribution >= 0.6 is 0 Å². The van der Waals surface area contributed by atoms with E-state index in [1.807, 2.05) is 6.92 Å². The first-order valence-electron chi connectivity index (χ1n) is 9.54. The van der Waals surface area contributed by atoms with E-state index in [9.17, 15) is 22.8 Å². The van der Waals surface area contributed by atoms with Crippen LogP contribution in [0.15, 0.2) is 36.7 Å². The van der Waals surface area contributed by atoms with Gasteiger partial charge in [-0.25, -0.2) is 14.5 Å². The number of carbonyl (C=O) groups is 2. The van der Waals surface area contributed by atoms with Crippen LogP contribution in [0.2, 0.25) is 0 Å². The second kappa shape index (κ2) is 8.75. The van der Waals surface area contributed by atoms with Crippen molar-refractivity contribution in [2.45, 2.75) is 39.9 Å². The number of aromatic nitrogens is 4. The number of halogens is 3. The highest BCUT2D eigenvalue weighted by atomic mass is 19.4. The van der Waals surface area contributed by atoms with E-state index in [2.05, 4.69) is 10.1 Å². The minimum absolute atomic E-state index is 0.0921. The van der Waals surface area contributed by atoms with Gasteiger partial charge in [0.15, 0.2) is 12.4 Å². The fourth-order valence-corrected chi connectivity index (χ4v) is 3.35. The zero-order chi connectivity index (χ0) is 22.8. The van der Waals surface area contributed by atoms with Crippen LogP contribution in [0.1, 0.15) is 44.7 Å². The van der Waals surface area contributed by atoms with Gasteiger partial charge in [-0.15, -0.1) is 0 Å². The molecule has 3 heterocycles. The Balaban J connectivity index is 1.74. The largest absolute Gasteiger partial charge is 0.454 e. The van der Waals surface area contributed by atoms with Gasteiger partial charge in [0.1, 0.15) is 12.1 Å². The quantitative estimate of drug-likeness (QED) is 0.417. The molecule has 0 radical (unpaired) electrons. The van der Waals surface area contributed by atoms with E-state index in [4.69, 9.17) is 4.74 Å². The van der Waals surface area contributed by atoms with Gasteiger partial charge in [-0.3, -0.25) is 4.79 Å². The molecule has 10 heteroatoms. The predicted octanol–water partition coefficient (Wildman–Crippen LogP) is 3.85. The molecule has 0 saturated heterocycles. The van der Waals surface area contributed by atoms with Crippen molar-refractivity contribution < 1.29 is 27.5 Å². The smallest absolute Gasteiger partial charge is 0.406 e. The molecule has 7 nitrogen and oxygen atoms in total. The first-order chi connectivity index (χ1) is 14.6. The van der Waals surface area contributed by atoms with Crippen molar-refractivity contribution >= 4 is 11.8 Å². The van der Waals surface area contributed by atoms with Crippen molar-refractivity contribution in [2.24, 2.45) is 0 Å². The summed E-state index contributed by atoms with van der Waals surface area (Å²) in [5.74, 6) is -0.784. The van der Waals surface area contributed by atoms with Crippen LogP contribution in [0.25, 0.3) is 5.82 Å². The molecule has 0 saturated carbocycles. The van der Waals surface area contributed by atoms with Gasteiger partial charge in [0.25, 0.3) is 0 Å². The summed E-state index contributed by atoms with van der Waals surface area (Å²) in [4.78, 5) is 29.3. The van der Waals surface area contributed by atoms with E-state index in [0.29, 0.717) is 23.6 Å². The first kappa shape index (κ1) is 22.3. The first-order valence-corrected chi connectivity index (χ1v) is 9.54. The molecule has 164 valence electrons. The molecule has 0 spiro atoms. The SMILES string of the molecule is CCc1c(C(=O)OCC(=O)c2cc(C)n(CC(F)(F)F)c2C)cnn1-c1ccccn1. The highest BCUT2D eigenvalue weighted by molar-refractivity contribution is 6.00. The van der Waals surface area contributed by atoms with Gasteiger partial charge in [-0.05, 0) is 38.5 Å². The number of alkyl halides is 3. The summed E-state index contributed by atoms with van der Waals surface area (Å²) in [5, 5.41) is 4.19. The molecule has 0 aromatic carbocycles. The van der Waals surface area contributed by atoms with E-state index in [1.54, 1.807) is 24.4 Å². The third-order valence-corrected chi connectivity index (χ3v) is 4.84. The van der Waals surface area contributed by atoms with Gasteiger partial charge in [-0.1, -0.05) is 13.0 Å². The lowest BCUT2D eigenvalue weighted by molar-refractivity contribution is -0.141. The molecule has 0 amide bonds. The van der Waals surface area contributed by atoms with Crippen molar-refractivity contribution in [1.29, 1.82) is 0 Å². The molecule has 31 heavy (non-hydrogen) atoms. The molecule has 0 aliphatic rings. The molecule has 0 bridgehead atoms. The summed E-state index contributed by atoms with van der Waals surface area (Å²) in [6, 6.07) is 6.65. The molecule has 3 rings (SSSR count). The topological polar surface area (TPSA) is 79.0 Å². The number of hydrogen-bond donors (Lipinski definition) is 0. The molecule has 0 aliphatic heterocycles. The van der Waals surface area contributed by atoms with Crippen molar-refractivity contribution in [2.75, 3.05) is 6.61 Å². The Morgan fingerprint density at radius 1 is 1.16 bits per heavy atom. The van der Waals surface area contributed by atoms with E-state index in [1.165, 1.54) is 30.8 Å². The Bertz CT molecular complexity index is 1100. The molecular weight excluding hydrogens is 413 g/mol. The zero-order valence-corrected chi connectivity index (χ0v) is 17.2. The summed E-state index contributed by atoms with van der Waals surface area (Å²) in [6.45, 7) is 2.98. The highest BCUT2D eigenvalue weighted by Gasteiger charge is 2.30. The maximum atomic E-state index is 12.8. The number of Topliss-reactive ketones (excluding diaryl/α,β-unsaturated/α-hetero) is 1. The van der Waals surface area contributed by atoms with Crippen LogP contribution in [-0.4, -0.2) is 43.9 Å². The van der Waals surface area contributed by atoms with Gasteiger partial charge in [0.2, 0.25) is 5.78 Å². The van der Waals surface area contributed by atoms with Crippen LogP contribution in [0.4, 0.5) is 13.2 Å². The van der Waals surface area contributed by atoms with E-state index in [-0.39, 0.29) is 16.8 Å². The number of pyridine rings is 1. The molecule has 0 N–H and O–H groups in total. The Morgan fingerprint density at radius 3 is 2.52 bits per heavy atom. The zero-order valence-electron chi connectivity index (χ0n) is 17.2. The Morgan fingerprint density at radius 2 is 1.90 bits per heavy atom. The molecule has 3 aromatic heterocycles. The minimum atomic E-state index is -4.41. The van der Waals surface area contributed by atoms with E-state index in [0.717, 1.165) is 4.57 Å². The molecule has 0 fully saturated rings. The van der Waals surface area contributed by atoms with Gasteiger partial charge >= 0.3 is 12.1 Å². The number of rotatable bonds is 7. The average molecular weight is 434 g/mol. The fourth-order valence-electron chi connectivity index (χ4n) is 3.35. The summed E-state index contributed by atoms with van der Waals surface area (Å²) >= 11 is 0. The second-order valence-electron chi connectivity index (χ2n) is 6.94. The number of nitrogens with zero attached hydrogens (tertiary/aromatic N) is 4. The summed E-state index contributed by atoms with van der Waals surface area (Å²) in [7, 11) is 0. The average Bonchev–Trinajstić information content (AvgIpc) is 3.28. The Hall–Kier alpha value is -3.43. The highest BCUT2D eigenvalue weighted by Crippen LogP contribution is 2.23. The van der Waals surface area contributed by atoms with E-state index >= 15 is 0 Å².